The van der Waals surface area contributed by atoms with Gasteiger partial charge in [0.15, 0.2) is 0 Å². The van der Waals surface area contributed by atoms with E-state index in [1.807, 2.05) is 27.2 Å². The Kier molecular flexibility index (Phi) is 69.6. The fraction of sp³-hybridized carbons (Fsp3) is 0.901. The minimum atomic E-state index is -4.46. The number of hydrogen-bond donors (Lipinski definition) is 2. The van der Waals surface area contributed by atoms with Crippen molar-refractivity contribution in [2.75, 3.05) is 40.9 Å². The summed E-state index contributed by atoms with van der Waals surface area (Å²) in [4.78, 5) is 38.1. The summed E-state index contributed by atoms with van der Waals surface area (Å²) in [5.74, 6) is -0.477. The molecule has 1 amide bonds. The molecule has 0 aliphatic carbocycles. The molecular formula is C81H158N2O7P+. The van der Waals surface area contributed by atoms with Crippen molar-refractivity contribution in [3.8, 4) is 0 Å². The molecule has 3 atom stereocenters. The molecule has 0 fully saturated rings. The van der Waals surface area contributed by atoms with Crippen molar-refractivity contribution in [1.82, 2.24) is 5.32 Å². The van der Waals surface area contributed by atoms with Gasteiger partial charge in [-0.2, -0.15) is 0 Å². The number of phosphoric ester groups is 1. The number of amides is 1. The molecule has 2 N–H and O–H groups in total. The number of allylic oxidation sites excluding steroid dienone is 5. The van der Waals surface area contributed by atoms with Crippen molar-refractivity contribution in [3.05, 3.63) is 36.5 Å². The first-order valence-corrected chi connectivity index (χ1v) is 41.8. The monoisotopic (exact) mass is 1300 g/mol. The number of quaternary nitrogens is 1. The molecule has 0 aromatic rings. The summed E-state index contributed by atoms with van der Waals surface area (Å²) in [5.41, 5.74) is 0. The largest absolute Gasteiger partial charge is 0.472 e. The van der Waals surface area contributed by atoms with Crippen LogP contribution in [-0.4, -0.2) is 74.3 Å². The summed E-state index contributed by atoms with van der Waals surface area (Å²) in [5, 5.41) is 3.09. The second kappa shape index (κ2) is 71.0. The Morgan fingerprint density at radius 1 is 0.385 bits per heavy atom. The highest BCUT2D eigenvalue weighted by Crippen LogP contribution is 2.43. The summed E-state index contributed by atoms with van der Waals surface area (Å²) in [7, 11) is 1.52. The van der Waals surface area contributed by atoms with Crippen LogP contribution in [0.25, 0.3) is 0 Å². The zero-order chi connectivity index (χ0) is 66.3. The van der Waals surface area contributed by atoms with E-state index in [1.54, 1.807) is 0 Å². The second-order valence-electron chi connectivity index (χ2n) is 29.0. The lowest BCUT2D eigenvalue weighted by atomic mass is 10.0. The Morgan fingerprint density at radius 3 is 1.01 bits per heavy atom. The standard InChI is InChI=1S/C81H157N2O7P/c1-7-10-13-16-19-22-25-28-30-32-34-36-38-40-41-43-45-47-49-51-53-56-59-62-65-68-71-74-81(85)90-79(72-69-66-63-60-57-54-27-24-21-18-15-12-9-3)78(77-89-91(86,87)88-76-75-83(4,5)6)82-80(84)73-70-67-64-61-58-55-52-50-48-46-44-42-39-37-35-33-31-29-26-23-20-17-14-11-8-2/h19,22,28,30,69,72,78-79H,7-18,20-21,23-27,29,31-68,70-71,73-77H2,1-6H3,(H-,82,84,86,87)/p+1/b22-19-,30-28-,72-69+. The van der Waals surface area contributed by atoms with Crippen molar-refractivity contribution in [2.45, 2.75) is 431 Å². The molecule has 0 saturated carbocycles. The van der Waals surface area contributed by atoms with E-state index < -0.39 is 20.0 Å². The average molecular weight is 1300 g/mol. The third-order valence-electron chi connectivity index (χ3n) is 18.6. The number of carbonyl (C=O) groups is 2. The average Bonchev–Trinajstić information content (AvgIpc) is 3.73. The van der Waals surface area contributed by atoms with Gasteiger partial charge in [-0.15, -0.1) is 0 Å². The Hall–Kier alpha value is -1.77. The van der Waals surface area contributed by atoms with Crippen molar-refractivity contribution in [1.29, 1.82) is 0 Å². The molecule has 0 aromatic carbocycles. The molecule has 0 rings (SSSR count). The first-order valence-electron chi connectivity index (χ1n) is 40.3. The van der Waals surface area contributed by atoms with Crippen molar-refractivity contribution in [2.24, 2.45) is 0 Å². The minimum Gasteiger partial charge on any atom is -0.456 e. The maximum Gasteiger partial charge on any atom is 0.472 e. The fourth-order valence-corrected chi connectivity index (χ4v) is 13.1. The van der Waals surface area contributed by atoms with Gasteiger partial charge >= 0.3 is 13.8 Å². The first kappa shape index (κ1) is 89.2. The van der Waals surface area contributed by atoms with Crippen molar-refractivity contribution < 1.29 is 37.3 Å². The molecule has 91 heavy (non-hydrogen) atoms. The van der Waals surface area contributed by atoms with Crippen LogP contribution >= 0.6 is 7.82 Å². The highest BCUT2D eigenvalue weighted by Gasteiger charge is 2.30. The zero-order valence-electron chi connectivity index (χ0n) is 61.9. The molecule has 0 aliphatic rings. The predicted octanol–water partition coefficient (Wildman–Crippen LogP) is 26.1. The molecule has 9 nitrogen and oxygen atoms in total. The molecule has 0 aliphatic heterocycles. The van der Waals surface area contributed by atoms with Crippen LogP contribution in [0.15, 0.2) is 36.5 Å². The lowest BCUT2D eigenvalue weighted by Crippen LogP contribution is -2.47. The van der Waals surface area contributed by atoms with E-state index in [-0.39, 0.29) is 25.1 Å². The van der Waals surface area contributed by atoms with Gasteiger partial charge in [0.25, 0.3) is 0 Å². The summed E-state index contributed by atoms with van der Waals surface area (Å²) in [6, 6.07) is -0.845. The van der Waals surface area contributed by atoms with E-state index in [4.69, 9.17) is 13.8 Å². The Labute approximate surface area is 567 Å². The number of hydrogen-bond acceptors (Lipinski definition) is 6. The molecule has 0 spiro atoms. The Morgan fingerprint density at radius 2 is 0.670 bits per heavy atom. The third kappa shape index (κ3) is 72.3. The maximum atomic E-state index is 13.7. The molecule has 10 heteroatoms. The lowest BCUT2D eigenvalue weighted by molar-refractivity contribution is -0.870. The molecule has 0 saturated heterocycles. The highest BCUT2D eigenvalue weighted by molar-refractivity contribution is 7.47. The normalized spacial score (nSPS) is 13.5. The van der Waals surface area contributed by atoms with Crippen LogP contribution in [0.5, 0.6) is 0 Å². The SMILES string of the molecule is CCCCC/C=C\C/C=C\CCCCCCCCCCCCCCCCCCCC(=O)OC(/C=C/CCCCCCCCCCCCC)C(COP(=O)(O)OCC[N+](C)(C)C)NC(=O)CCCCCCCCCCCCCCCCCCCCCCCCCCC. The molecule has 3 unspecified atom stereocenters. The Balaban J connectivity index is 4.91. The van der Waals surface area contributed by atoms with Gasteiger partial charge in [0, 0.05) is 12.8 Å². The van der Waals surface area contributed by atoms with Gasteiger partial charge in [0.05, 0.1) is 33.8 Å². The van der Waals surface area contributed by atoms with E-state index in [0.717, 1.165) is 64.2 Å². The molecule has 0 heterocycles. The van der Waals surface area contributed by atoms with Crippen LogP contribution in [0.4, 0.5) is 0 Å². The summed E-state index contributed by atoms with van der Waals surface area (Å²) in [6.07, 6.45) is 90.4. The van der Waals surface area contributed by atoms with Crippen LogP contribution in [0, 0.1) is 0 Å². The van der Waals surface area contributed by atoms with E-state index >= 15 is 0 Å². The number of nitrogens with one attached hydrogen (secondary N) is 1. The van der Waals surface area contributed by atoms with E-state index in [2.05, 4.69) is 56.5 Å². The predicted molar refractivity (Wildman–Crippen MR) is 397 cm³/mol. The zero-order valence-corrected chi connectivity index (χ0v) is 62.8. The molecule has 0 bridgehead atoms. The maximum absolute atomic E-state index is 13.7. The van der Waals surface area contributed by atoms with Gasteiger partial charge < -0.3 is 19.4 Å². The van der Waals surface area contributed by atoms with Crippen LogP contribution in [0.1, 0.15) is 419 Å². The first-order chi connectivity index (χ1) is 44.4. The van der Waals surface area contributed by atoms with Crippen LogP contribution in [0.3, 0.4) is 0 Å². The summed E-state index contributed by atoms with van der Waals surface area (Å²) < 4.78 is 31.0. The number of phosphoric acid groups is 1. The van der Waals surface area contributed by atoms with Gasteiger partial charge in [-0.3, -0.25) is 18.6 Å². The number of esters is 1. The smallest absolute Gasteiger partial charge is 0.456 e. The van der Waals surface area contributed by atoms with E-state index in [0.29, 0.717) is 23.9 Å². The van der Waals surface area contributed by atoms with Gasteiger partial charge in [0.1, 0.15) is 19.3 Å². The van der Waals surface area contributed by atoms with E-state index in [1.165, 1.54) is 321 Å². The molecular weight excluding hydrogens is 1140 g/mol. The number of ether oxygens (including phenoxy) is 1. The number of carbonyl (C=O) groups excluding carboxylic acids is 2. The molecule has 538 valence electrons. The third-order valence-corrected chi connectivity index (χ3v) is 19.6. The van der Waals surface area contributed by atoms with Gasteiger partial charge in [0.2, 0.25) is 5.91 Å². The number of unbranched alkanes of at least 4 members (excludes halogenated alkanes) is 55. The van der Waals surface area contributed by atoms with E-state index in [9.17, 15) is 19.0 Å². The van der Waals surface area contributed by atoms with Crippen molar-refractivity contribution in [3.63, 3.8) is 0 Å². The second-order valence-corrected chi connectivity index (χ2v) is 30.4. The van der Waals surface area contributed by atoms with Gasteiger partial charge in [-0.25, -0.2) is 4.57 Å². The summed E-state index contributed by atoms with van der Waals surface area (Å²) >= 11 is 0. The topological polar surface area (TPSA) is 111 Å². The molecule has 0 aromatic heterocycles. The molecule has 0 radical (unpaired) electrons. The minimum absolute atomic E-state index is 0.0443. The summed E-state index contributed by atoms with van der Waals surface area (Å²) in [6.45, 7) is 7.08. The quantitative estimate of drug-likeness (QED) is 0.0205. The number of rotatable bonds is 75. The van der Waals surface area contributed by atoms with Crippen LogP contribution in [-0.2, 0) is 27.9 Å². The van der Waals surface area contributed by atoms with Crippen LogP contribution in [0.2, 0.25) is 0 Å². The lowest BCUT2D eigenvalue weighted by Gasteiger charge is -2.27. The number of nitrogens with zero attached hydrogens (tertiary/aromatic N) is 1. The highest BCUT2D eigenvalue weighted by atomic mass is 31.2. The van der Waals surface area contributed by atoms with Crippen LogP contribution < -0.4 is 5.32 Å². The van der Waals surface area contributed by atoms with Gasteiger partial charge in [-0.1, -0.05) is 379 Å². The number of likely N-dealkylation sites (N-methyl/N-ethyl adjacent to an activating group) is 1. The van der Waals surface area contributed by atoms with Crippen molar-refractivity contribution >= 4 is 19.7 Å². The fourth-order valence-electron chi connectivity index (χ4n) is 12.4. The Bertz CT molecular complexity index is 1650. The van der Waals surface area contributed by atoms with Gasteiger partial charge in [-0.05, 0) is 63.9 Å².